The molecule has 0 aromatic rings. The molecule has 0 radical (unpaired) electrons. The van der Waals surface area contributed by atoms with Crippen LogP contribution in [0.5, 0.6) is 0 Å². The number of ether oxygens (including phenoxy) is 1. The summed E-state index contributed by atoms with van der Waals surface area (Å²) in [6.45, 7) is 0.787. The van der Waals surface area contributed by atoms with E-state index in [1.807, 2.05) is 0 Å². The quantitative estimate of drug-likeness (QED) is 0.429. The second-order valence-electron chi connectivity index (χ2n) is 3.39. The van der Waals surface area contributed by atoms with Crippen LogP contribution in [0.25, 0.3) is 0 Å². The summed E-state index contributed by atoms with van der Waals surface area (Å²) in [6, 6.07) is 0. The van der Waals surface area contributed by atoms with Crippen LogP contribution in [0.1, 0.15) is 6.42 Å². The molecule has 2 nitrogen and oxygen atoms in total. The van der Waals surface area contributed by atoms with Crippen molar-refractivity contribution in [1.29, 1.82) is 0 Å². The Morgan fingerprint density at radius 1 is 1.54 bits per heavy atom. The molecule has 2 bridgehead atoms. The summed E-state index contributed by atoms with van der Waals surface area (Å²) in [4.78, 5) is 10.1. The molecule has 0 aliphatic heterocycles. The summed E-state index contributed by atoms with van der Waals surface area (Å²) in [6.07, 6.45) is 6.44. The molecule has 70 valence electrons. The monoisotopic (exact) mass is 242 g/mol. The smallest absolute Gasteiger partial charge is 0.145 e. The van der Waals surface area contributed by atoms with Crippen molar-refractivity contribution in [3.05, 3.63) is 22.2 Å². The van der Waals surface area contributed by atoms with Crippen molar-refractivity contribution in [1.82, 2.24) is 0 Å². The highest BCUT2D eigenvalue weighted by Crippen LogP contribution is 2.46. The van der Waals surface area contributed by atoms with Gasteiger partial charge in [-0.1, -0.05) is 28.1 Å². The average Bonchev–Trinajstić information content (AvgIpc) is 2.69. The van der Waals surface area contributed by atoms with Crippen LogP contribution in [-0.2, 0) is 9.53 Å². The molecule has 0 N–H and O–H groups in total. The Morgan fingerprint density at radius 2 is 2.31 bits per heavy atom. The van der Waals surface area contributed by atoms with Gasteiger partial charge in [0.05, 0.1) is 6.61 Å². The molecule has 0 saturated heterocycles. The van der Waals surface area contributed by atoms with Crippen LogP contribution in [-0.4, -0.2) is 19.5 Å². The molecule has 2 aliphatic rings. The molecule has 13 heavy (non-hydrogen) atoms. The summed E-state index contributed by atoms with van der Waals surface area (Å²) in [5.74, 6) is 1.12. The van der Waals surface area contributed by atoms with Crippen molar-refractivity contribution < 1.29 is 9.53 Å². The molecular weight excluding hydrogens is 232 g/mol. The highest BCUT2D eigenvalue weighted by Gasteiger charge is 2.33. The van der Waals surface area contributed by atoms with Gasteiger partial charge in [0.2, 0.25) is 0 Å². The second kappa shape index (κ2) is 3.76. The third kappa shape index (κ3) is 1.63. The molecule has 0 aromatic heterocycles. The molecule has 3 heteroatoms. The maximum Gasteiger partial charge on any atom is 0.145 e. The molecule has 2 aliphatic carbocycles. The summed E-state index contributed by atoms with van der Waals surface area (Å²) in [5, 5.41) is 0. The maximum absolute atomic E-state index is 10.1. The van der Waals surface area contributed by atoms with Crippen LogP contribution in [0.2, 0.25) is 0 Å². The largest absolute Gasteiger partial charge is 0.370 e. The van der Waals surface area contributed by atoms with E-state index < -0.39 is 0 Å². The zero-order chi connectivity index (χ0) is 9.26. The first-order chi connectivity index (χ1) is 6.33. The molecule has 0 heterocycles. The summed E-state index contributed by atoms with van der Waals surface area (Å²) in [7, 11) is 0. The summed E-state index contributed by atoms with van der Waals surface area (Å²) in [5.41, 5.74) is 1.31. The van der Waals surface area contributed by atoms with E-state index in [2.05, 4.69) is 28.1 Å². The van der Waals surface area contributed by atoms with Crippen LogP contribution in [0, 0.1) is 11.8 Å². The standard InChI is InChI=1S/C10H11BrO2/c11-10-8-2-1-7(5-8)9(10)6-13-4-3-12/h1-3,7-8H,4-6H2. The van der Waals surface area contributed by atoms with E-state index in [9.17, 15) is 4.79 Å². The first-order valence-electron chi connectivity index (χ1n) is 4.41. The minimum Gasteiger partial charge on any atom is -0.370 e. The number of halogens is 1. The van der Waals surface area contributed by atoms with Crippen molar-refractivity contribution >= 4 is 22.2 Å². The lowest BCUT2D eigenvalue weighted by molar-refractivity contribution is -0.111. The van der Waals surface area contributed by atoms with E-state index in [1.165, 1.54) is 16.5 Å². The zero-order valence-electron chi connectivity index (χ0n) is 7.20. The minimum absolute atomic E-state index is 0.199. The van der Waals surface area contributed by atoms with Gasteiger partial charge >= 0.3 is 0 Å². The van der Waals surface area contributed by atoms with Gasteiger partial charge in [0, 0.05) is 16.3 Å². The van der Waals surface area contributed by atoms with Gasteiger partial charge in [0.1, 0.15) is 12.9 Å². The predicted molar refractivity (Wildman–Crippen MR) is 53.6 cm³/mol. The Kier molecular flexibility index (Phi) is 2.65. The number of rotatable bonds is 4. The third-order valence-electron chi connectivity index (χ3n) is 2.61. The molecular formula is C10H11BrO2. The van der Waals surface area contributed by atoms with Crippen molar-refractivity contribution in [3.63, 3.8) is 0 Å². The fourth-order valence-electron chi connectivity index (χ4n) is 1.95. The molecule has 0 spiro atoms. The first-order valence-corrected chi connectivity index (χ1v) is 5.20. The van der Waals surface area contributed by atoms with Crippen LogP contribution in [0.3, 0.4) is 0 Å². The molecule has 2 rings (SSSR count). The van der Waals surface area contributed by atoms with Gasteiger partial charge in [-0.3, -0.25) is 0 Å². The SMILES string of the molecule is O=CCOCC1=C(Br)C2C=CC1C2. The second-order valence-corrected chi connectivity index (χ2v) is 4.24. The van der Waals surface area contributed by atoms with Crippen molar-refractivity contribution in [2.24, 2.45) is 11.8 Å². The van der Waals surface area contributed by atoms with Crippen molar-refractivity contribution in [3.8, 4) is 0 Å². The van der Waals surface area contributed by atoms with E-state index in [0.29, 0.717) is 18.4 Å². The Hall–Kier alpha value is -0.410. The first kappa shape index (κ1) is 9.16. The highest BCUT2D eigenvalue weighted by molar-refractivity contribution is 9.11. The molecule has 0 amide bonds. The normalized spacial score (nSPS) is 30.2. The fraction of sp³-hybridized carbons (Fsp3) is 0.500. The van der Waals surface area contributed by atoms with Gasteiger partial charge in [0.25, 0.3) is 0 Å². The number of carbonyl (C=O) groups is 1. The number of hydrogen-bond acceptors (Lipinski definition) is 2. The Balaban J connectivity index is 1.96. The van der Waals surface area contributed by atoms with E-state index in [4.69, 9.17) is 4.74 Å². The maximum atomic E-state index is 10.1. The van der Waals surface area contributed by atoms with Gasteiger partial charge in [0.15, 0.2) is 0 Å². The lowest BCUT2D eigenvalue weighted by Crippen LogP contribution is -2.06. The number of hydrogen-bond donors (Lipinski definition) is 0. The third-order valence-corrected chi connectivity index (χ3v) is 3.70. The number of fused-ring (bicyclic) bond motifs is 2. The van der Waals surface area contributed by atoms with E-state index in [1.54, 1.807) is 0 Å². The molecule has 0 saturated carbocycles. The van der Waals surface area contributed by atoms with Gasteiger partial charge in [-0.05, 0) is 12.0 Å². The van der Waals surface area contributed by atoms with E-state index in [0.717, 1.165) is 6.29 Å². The minimum atomic E-state index is 0.199. The van der Waals surface area contributed by atoms with Gasteiger partial charge in [-0.15, -0.1) is 0 Å². The van der Waals surface area contributed by atoms with E-state index >= 15 is 0 Å². The van der Waals surface area contributed by atoms with Crippen LogP contribution < -0.4 is 0 Å². The number of aldehydes is 1. The van der Waals surface area contributed by atoms with Crippen LogP contribution in [0.15, 0.2) is 22.2 Å². The fourth-order valence-corrected chi connectivity index (χ4v) is 2.70. The summed E-state index contributed by atoms with van der Waals surface area (Å²) >= 11 is 3.57. The topological polar surface area (TPSA) is 26.3 Å². The van der Waals surface area contributed by atoms with Gasteiger partial charge in [-0.2, -0.15) is 0 Å². The lowest BCUT2D eigenvalue weighted by Gasteiger charge is -2.11. The van der Waals surface area contributed by atoms with Gasteiger partial charge in [-0.25, -0.2) is 0 Å². The van der Waals surface area contributed by atoms with Crippen LogP contribution >= 0.6 is 15.9 Å². The average molecular weight is 243 g/mol. The lowest BCUT2D eigenvalue weighted by atomic mass is 10.0. The summed E-state index contributed by atoms with van der Waals surface area (Å²) < 4.78 is 6.47. The number of allylic oxidation sites excluding steroid dienone is 3. The van der Waals surface area contributed by atoms with E-state index in [-0.39, 0.29) is 6.61 Å². The molecule has 2 atom stereocenters. The van der Waals surface area contributed by atoms with Crippen LogP contribution in [0.4, 0.5) is 0 Å². The Bertz CT molecular complexity index is 281. The molecule has 2 unspecified atom stereocenters. The Morgan fingerprint density at radius 3 is 2.92 bits per heavy atom. The van der Waals surface area contributed by atoms with Crippen molar-refractivity contribution in [2.45, 2.75) is 6.42 Å². The zero-order valence-corrected chi connectivity index (χ0v) is 8.79. The molecule has 0 aromatic carbocycles. The Labute approximate surface area is 85.8 Å². The predicted octanol–water partition coefficient (Wildman–Crippen LogP) is 2.06. The number of carbonyl (C=O) groups excluding carboxylic acids is 1. The van der Waals surface area contributed by atoms with Gasteiger partial charge < -0.3 is 9.53 Å². The highest BCUT2D eigenvalue weighted by atomic mass is 79.9. The van der Waals surface area contributed by atoms with Crippen molar-refractivity contribution in [2.75, 3.05) is 13.2 Å². The molecule has 0 fully saturated rings.